The minimum Gasteiger partial charge on any atom is -0.326 e. The zero-order valence-electron chi connectivity index (χ0n) is 16.2. The van der Waals surface area contributed by atoms with Gasteiger partial charge < -0.3 is 10.6 Å². The summed E-state index contributed by atoms with van der Waals surface area (Å²) in [6, 6.07) is 13.3. The summed E-state index contributed by atoms with van der Waals surface area (Å²) in [6.07, 6.45) is 1.61. The molecular weight excluding hydrogens is 389 g/mol. The van der Waals surface area contributed by atoms with E-state index in [1.54, 1.807) is 18.3 Å². The number of aromatic nitrogens is 1. The molecule has 0 saturated heterocycles. The van der Waals surface area contributed by atoms with E-state index in [9.17, 15) is 14.0 Å². The van der Waals surface area contributed by atoms with E-state index < -0.39 is 11.7 Å². The molecule has 1 heterocycles. The minimum atomic E-state index is -0.597. The second-order valence-corrected chi connectivity index (χ2v) is 7.59. The van der Waals surface area contributed by atoms with Gasteiger partial charge in [-0.3, -0.25) is 9.59 Å². The molecule has 0 fully saturated rings. The Hall–Kier alpha value is -3.19. The van der Waals surface area contributed by atoms with E-state index in [0.29, 0.717) is 16.3 Å². The van der Waals surface area contributed by atoms with Gasteiger partial charge in [-0.25, -0.2) is 9.37 Å². The normalized spacial score (nSPS) is 10.5. The molecular formula is C22H20FN3O2S. The third kappa shape index (κ3) is 5.20. The molecule has 0 saturated carbocycles. The van der Waals surface area contributed by atoms with Gasteiger partial charge in [-0.15, -0.1) is 0 Å². The third-order valence-corrected chi connectivity index (χ3v) is 5.28. The Morgan fingerprint density at radius 3 is 2.55 bits per heavy atom. The monoisotopic (exact) mass is 409 g/mol. The zero-order valence-corrected chi connectivity index (χ0v) is 17.1. The predicted octanol–water partition coefficient (Wildman–Crippen LogP) is 5.20. The lowest BCUT2D eigenvalue weighted by Crippen LogP contribution is -2.15. The van der Waals surface area contributed by atoms with E-state index in [1.807, 2.05) is 26.0 Å². The fourth-order valence-corrected chi connectivity index (χ4v) is 3.70. The van der Waals surface area contributed by atoms with E-state index in [0.717, 1.165) is 16.0 Å². The van der Waals surface area contributed by atoms with E-state index in [1.165, 1.54) is 36.9 Å². The second-order valence-electron chi connectivity index (χ2n) is 6.56. The Bertz CT molecular complexity index is 1090. The Labute approximate surface area is 172 Å². The van der Waals surface area contributed by atoms with Crippen LogP contribution in [0.25, 0.3) is 0 Å². The summed E-state index contributed by atoms with van der Waals surface area (Å²) in [6.45, 7) is 5.37. The SMILES string of the molecule is CC(=O)Nc1ccc(F)c(NC(=O)c2cccnc2Sc2ccc(C)cc2C)c1. The average molecular weight is 409 g/mol. The number of nitrogens with one attached hydrogen (secondary N) is 2. The molecule has 0 aliphatic rings. The maximum atomic E-state index is 14.2. The lowest BCUT2D eigenvalue weighted by Gasteiger charge is -2.12. The molecule has 7 heteroatoms. The highest BCUT2D eigenvalue weighted by Crippen LogP contribution is 2.32. The molecule has 0 spiro atoms. The van der Waals surface area contributed by atoms with Crippen molar-refractivity contribution in [2.75, 3.05) is 10.6 Å². The van der Waals surface area contributed by atoms with Crippen LogP contribution in [0.4, 0.5) is 15.8 Å². The van der Waals surface area contributed by atoms with E-state index >= 15 is 0 Å². The summed E-state index contributed by atoms with van der Waals surface area (Å²) < 4.78 is 14.2. The molecule has 3 rings (SSSR count). The summed E-state index contributed by atoms with van der Waals surface area (Å²) in [5, 5.41) is 5.66. The van der Waals surface area contributed by atoms with Gasteiger partial charge in [0.1, 0.15) is 10.8 Å². The number of nitrogens with zero attached hydrogens (tertiary/aromatic N) is 1. The Morgan fingerprint density at radius 2 is 1.83 bits per heavy atom. The number of amides is 2. The number of hydrogen-bond donors (Lipinski definition) is 2. The van der Waals surface area contributed by atoms with Crippen molar-refractivity contribution >= 4 is 35.0 Å². The van der Waals surface area contributed by atoms with Crippen LogP contribution in [0.1, 0.15) is 28.4 Å². The van der Waals surface area contributed by atoms with Crippen LogP contribution in [0, 0.1) is 19.7 Å². The highest BCUT2D eigenvalue weighted by Gasteiger charge is 2.16. The predicted molar refractivity (Wildman–Crippen MR) is 113 cm³/mol. The van der Waals surface area contributed by atoms with Gasteiger partial charge in [0.05, 0.1) is 11.3 Å². The number of carbonyl (C=O) groups excluding carboxylic acids is 2. The minimum absolute atomic E-state index is 0.0208. The van der Waals surface area contributed by atoms with Gasteiger partial charge in [-0.2, -0.15) is 0 Å². The van der Waals surface area contributed by atoms with Crippen LogP contribution in [0.3, 0.4) is 0 Å². The van der Waals surface area contributed by atoms with Crippen LogP contribution in [-0.2, 0) is 4.79 Å². The highest BCUT2D eigenvalue weighted by atomic mass is 32.2. The van der Waals surface area contributed by atoms with Gasteiger partial charge in [0.15, 0.2) is 0 Å². The number of carbonyl (C=O) groups is 2. The van der Waals surface area contributed by atoms with Crippen molar-refractivity contribution in [3.63, 3.8) is 0 Å². The highest BCUT2D eigenvalue weighted by molar-refractivity contribution is 7.99. The number of benzene rings is 2. The van der Waals surface area contributed by atoms with Crippen LogP contribution >= 0.6 is 11.8 Å². The van der Waals surface area contributed by atoms with Crippen LogP contribution in [-0.4, -0.2) is 16.8 Å². The largest absolute Gasteiger partial charge is 0.326 e. The Balaban J connectivity index is 1.86. The van der Waals surface area contributed by atoms with Crippen molar-refractivity contribution < 1.29 is 14.0 Å². The molecule has 3 aromatic rings. The maximum absolute atomic E-state index is 14.2. The standard InChI is InChI=1S/C22H20FN3O2S/c1-13-6-9-20(14(2)11-13)29-22-17(5-4-10-24-22)21(28)26-19-12-16(25-15(3)27)7-8-18(19)23/h4-12H,1-3H3,(H,25,27)(H,26,28). The first kappa shape index (κ1) is 20.5. The molecule has 0 atom stereocenters. The second kappa shape index (κ2) is 8.87. The quantitative estimate of drug-likeness (QED) is 0.608. The third-order valence-electron chi connectivity index (χ3n) is 4.09. The molecule has 5 nitrogen and oxygen atoms in total. The summed E-state index contributed by atoms with van der Waals surface area (Å²) >= 11 is 1.38. The van der Waals surface area contributed by atoms with E-state index in [2.05, 4.69) is 21.7 Å². The summed E-state index contributed by atoms with van der Waals surface area (Å²) in [5.74, 6) is -1.36. The lowest BCUT2D eigenvalue weighted by molar-refractivity contribution is -0.114. The number of aryl methyl sites for hydroxylation is 2. The van der Waals surface area contributed by atoms with Crippen molar-refractivity contribution in [1.82, 2.24) is 4.98 Å². The number of halogens is 1. The smallest absolute Gasteiger partial charge is 0.258 e. The van der Waals surface area contributed by atoms with Gasteiger partial charge in [0, 0.05) is 23.7 Å². The number of hydrogen-bond acceptors (Lipinski definition) is 4. The average Bonchev–Trinajstić information content (AvgIpc) is 2.66. The number of anilines is 2. The molecule has 0 aliphatic heterocycles. The van der Waals surface area contributed by atoms with Crippen LogP contribution in [0.15, 0.2) is 64.6 Å². The lowest BCUT2D eigenvalue weighted by atomic mass is 10.2. The molecule has 29 heavy (non-hydrogen) atoms. The van der Waals surface area contributed by atoms with Gasteiger partial charge in [-0.05, 0) is 55.8 Å². The first-order chi connectivity index (χ1) is 13.8. The Kier molecular flexibility index (Phi) is 6.29. The maximum Gasteiger partial charge on any atom is 0.258 e. The fourth-order valence-electron chi connectivity index (χ4n) is 2.75. The van der Waals surface area contributed by atoms with E-state index in [4.69, 9.17) is 0 Å². The summed E-state index contributed by atoms with van der Waals surface area (Å²) in [4.78, 5) is 29.4. The van der Waals surface area contributed by atoms with Gasteiger partial charge in [0.2, 0.25) is 5.91 Å². The first-order valence-corrected chi connectivity index (χ1v) is 9.74. The molecule has 2 amide bonds. The summed E-state index contributed by atoms with van der Waals surface area (Å²) in [5.41, 5.74) is 2.95. The van der Waals surface area contributed by atoms with Crippen LogP contribution in [0.2, 0.25) is 0 Å². The topological polar surface area (TPSA) is 71.1 Å². The molecule has 1 aromatic heterocycles. The van der Waals surface area contributed by atoms with Gasteiger partial charge in [0.25, 0.3) is 5.91 Å². The van der Waals surface area contributed by atoms with Crippen molar-refractivity contribution in [2.45, 2.75) is 30.7 Å². The Morgan fingerprint density at radius 1 is 1.03 bits per heavy atom. The molecule has 2 N–H and O–H groups in total. The van der Waals surface area contributed by atoms with Gasteiger partial charge >= 0.3 is 0 Å². The molecule has 0 unspecified atom stereocenters. The number of rotatable bonds is 5. The van der Waals surface area contributed by atoms with Crippen LogP contribution < -0.4 is 10.6 Å². The molecule has 148 valence electrons. The van der Waals surface area contributed by atoms with Crippen molar-refractivity contribution in [1.29, 1.82) is 0 Å². The summed E-state index contributed by atoms with van der Waals surface area (Å²) in [7, 11) is 0. The van der Waals surface area contributed by atoms with Crippen molar-refractivity contribution in [2.24, 2.45) is 0 Å². The van der Waals surface area contributed by atoms with Crippen LogP contribution in [0.5, 0.6) is 0 Å². The molecule has 2 aromatic carbocycles. The molecule has 0 radical (unpaired) electrons. The van der Waals surface area contributed by atoms with E-state index in [-0.39, 0.29) is 11.6 Å². The van der Waals surface area contributed by atoms with Crippen molar-refractivity contribution in [3.05, 3.63) is 77.2 Å². The van der Waals surface area contributed by atoms with Crippen molar-refractivity contribution in [3.8, 4) is 0 Å². The molecule has 0 bridgehead atoms. The molecule has 0 aliphatic carbocycles. The number of pyridine rings is 1. The van der Waals surface area contributed by atoms with Gasteiger partial charge in [-0.1, -0.05) is 29.5 Å². The zero-order chi connectivity index (χ0) is 21.0. The first-order valence-electron chi connectivity index (χ1n) is 8.92. The fraction of sp³-hybridized carbons (Fsp3) is 0.136.